The Balaban J connectivity index is 2.06. The molecule has 1 heterocycles. The summed E-state index contributed by atoms with van der Waals surface area (Å²) in [5.41, 5.74) is 2.54. The molecule has 1 aromatic heterocycles. The van der Waals surface area contributed by atoms with E-state index in [4.69, 9.17) is 4.74 Å². The minimum atomic E-state index is -3.79. The molecular weight excluding hydrogens is 364 g/mol. The number of aryl methyl sites for hydroxylation is 2. The van der Waals surface area contributed by atoms with Crippen LogP contribution in [0.15, 0.2) is 53.4 Å². The van der Waals surface area contributed by atoms with Gasteiger partial charge in [-0.05, 0) is 45.0 Å². The molecule has 1 N–H and O–H groups in total. The monoisotopic (exact) mass is 384 g/mol. The Bertz CT molecular complexity index is 1110. The van der Waals surface area contributed by atoms with Gasteiger partial charge in [-0.15, -0.1) is 0 Å². The zero-order valence-electron chi connectivity index (χ0n) is 15.3. The van der Waals surface area contributed by atoms with Gasteiger partial charge in [-0.3, -0.25) is 14.5 Å². The van der Waals surface area contributed by atoms with Crippen LogP contribution in [0.1, 0.15) is 18.2 Å². The number of Topliss-reactive ketones (excluding diaryl/α,β-unsaturated/α-hetero) is 1. The Morgan fingerprint density at radius 1 is 1.07 bits per heavy atom. The van der Waals surface area contributed by atoms with E-state index in [0.29, 0.717) is 22.3 Å². The summed E-state index contributed by atoms with van der Waals surface area (Å²) in [7, 11) is -3.79. The number of sulfonamides is 1. The topological polar surface area (TPSA) is 85.4 Å². The SMILES string of the molecule is CC(=O)COc1cc(NS(=O)(=O)c2ccc(C)cc2)c2nc(C)ccc2c1. The average molecular weight is 384 g/mol. The summed E-state index contributed by atoms with van der Waals surface area (Å²) in [5, 5.41) is 0.711. The van der Waals surface area contributed by atoms with Crippen molar-refractivity contribution in [2.75, 3.05) is 11.3 Å². The van der Waals surface area contributed by atoms with Crippen LogP contribution in [0.3, 0.4) is 0 Å². The highest BCUT2D eigenvalue weighted by Crippen LogP contribution is 2.30. The minimum Gasteiger partial charge on any atom is -0.486 e. The fourth-order valence-electron chi connectivity index (χ4n) is 2.57. The third kappa shape index (κ3) is 4.43. The lowest BCUT2D eigenvalue weighted by Gasteiger charge is -2.13. The number of rotatable bonds is 6. The Labute approximate surface area is 158 Å². The predicted molar refractivity (Wildman–Crippen MR) is 105 cm³/mol. The van der Waals surface area contributed by atoms with Crippen molar-refractivity contribution in [3.63, 3.8) is 0 Å². The third-order valence-electron chi connectivity index (χ3n) is 3.92. The van der Waals surface area contributed by atoms with Crippen molar-refractivity contribution in [1.82, 2.24) is 4.98 Å². The van der Waals surface area contributed by atoms with Crippen molar-refractivity contribution < 1.29 is 17.9 Å². The van der Waals surface area contributed by atoms with Crippen LogP contribution in [0, 0.1) is 13.8 Å². The molecule has 0 aliphatic rings. The van der Waals surface area contributed by atoms with E-state index in [1.807, 2.05) is 26.0 Å². The highest BCUT2D eigenvalue weighted by atomic mass is 32.2. The number of nitrogens with one attached hydrogen (secondary N) is 1. The molecule has 0 aliphatic carbocycles. The molecule has 7 heteroatoms. The van der Waals surface area contributed by atoms with Crippen molar-refractivity contribution in [2.45, 2.75) is 25.7 Å². The maximum Gasteiger partial charge on any atom is 0.261 e. The number of benzene rings is 2. The summed E-state index contributed by atoms with van der Waals surface area (Å²) in [4.78, 5) is 15.8. The van der Waals surface area contributed by atoms with Gasteiger partial charge in [0.1, 0.15) is 12.4 Å². The number of fused-ring (bicyclic) bond motifs is 1. The summed E-state index contributed by atoms with van der Waals surface area (Å²) in [6.45, 7) is 5.06. The second-order valence-corrected chi connectivity index (χ2v) is 8.09. The summed E-state index contributed by atoms with van der Waals surface area (Å²) < 4.78 is 33.6. The number of nitrogens with zero attached hydrogens (tertiary/aromatic N) is 1. The number of ketones is 1. The largest absolute Gasteiger partial charge is 0.486 e. The van der Waals surface area contributed by atoms with Crippen molar-refractivity contribution in [1.29, 1.82) is 0 Å². The van der Waals surface area contributed by atoms with Gasteiger partial charge in [0.2, 0.25) is 0 Å². The van der Waals surface area contributed by atoms with Crippen molar-refractivity contribution in [3.05, 3.63) is 59.8 Å². The lowest BCUT2D eigenvalue weighted by Crippen LogP contribution is -2.14. The van der Waals surface area contributed by atoms with Gasteiger partial charge < -0.3 is 4.74 Å². The highest BCUT2D eigenvalue weighted by molar-refractivity contribution is 7.92. The lowest BCUT2D eigenvalue weighted by molar-refractivity contribution is -0.118. The van der Waals surface area contributed by atoms with Gasteiger partial charge in [-0.1, -0.05) is 23.8 Å². The molecule has 6 nitrogen and oxygen atoms in total. The summed E-state index contributed by atoms with van der Waals surface area (Å²) in [6, 6.07) is 13.5. The predicted octanol–water partition coefficient (Wildman–Crippen LogP) is 3.62. The highest BCUT2D eigenvalue weighted by Gasteiger charge is 2.17. The first kappa shape index (κ1) is 18.8. The van der Waals surface area contributed by atoms with Gasteiger partial charge in [-0.25, -0.2) is 8.42 Å². The van der Waals surface area contributed by atoms with Crippen LogP contribution in [-0.2, 0) is 14.8 Å². The molecule has 0 saturated carbocycles. The van der Waals surface area contributed by atoms with Gasteiger partial charge in [0.25, 0.3) is 10.0 Å². The van der Waals surface area contributed by atoms with Gasteiger partial charge >= 0.3 is 0 Å². The zero-order valence-corrected chi connectivity index (χ0v) is 16.1. The van der Waals surface area contributed by atoms with Crippen molar-refractivity contribution in [2.24, 2.45) is 0 Å². The number of carbonyl (C=O) groups is 1. The number of hydrogen-bond acceptors (Lipinski definition) is 5. The maximum atomic E-state index is 12.8. The Hall–Kier alpha value is -2.93. The molecule has 0 spiro atoms. The molecule has 0 unspecified atom stereocenters. The smallest absolute Gasteiger partial charge is 0.261 e. The number of pyridine rings is 1. The quantitative estimate of drug-likeness (QED) is 0.702. The van der Waals surface area contributed by atoms with Crippen molar-refractivity contribution in [3.8, 4) is 5.75 Å². The molecule has 3 aromatic rings. The fraction of sp³-hybridized carbons (Fsp3) is 0.200. The molecule has 0 radical (unpaired) electrons. The van der Waals surface area contributed by atoms with Crippen LogP contribution in [0.25, 0.3) is 10.9 Å². The number of carbonyl (C=O) groups excluding carboxylic acids is 1. The van der Waals surface area contributed by atoms with Crippen LogP contribution in [-0.4, -0.2) is 25.8 Å². The number of aromatic nitrogens is 1. The van der Waals surface area contributed by atoms with Gasteiger partial charge in [-0.2, -0.15) is 0 Å². The zero-order chi connectivity index (χ0) is 19.6. The molecule has 0 bridgehead atoms. The molecule has 140 valence electrons. The van der Waals surface area contributed by atoms with Crippen LogP contribution in [0.5, 0.6) is 5.75 Å². The first-order chi connectivity index (χ1) is 12.7. The van der Waals surface area contributed by atoms with Crippen LogP contribution in [0.2, 0.25) is 0 Å². The van der Waals surface area contributed by atoms with E-state index < -0.39 is 10.0 Å². The molecular formula is C20H20N2O4S. The summed E-state index contributed by atoms with van der Waals surface area (Å²) in [5.74, 6) is 0.267. The average Bonchev–Trinajstić information content (AvgIpc) is 2.60. The van der Waals surface area contributed by atoms with Gasteiger partial charge in [0, 0.05) is 17.1 Å². The third-order valence-corrected chi connectivity index (χ3v) is 5.30. The van der Waals surface area contributed by atoms with Gasteiger partial charge in [0.15, 0.2) is 5.78 Å². The molecule has 27 heavy (non-hydrogen) atoms. The Kier molecular flexibility index (Phi) is 5.14. The minimum absolute atomic E-state index is 0.0883. The molecule has 0 fully saturated rings. The standard InChI is InChI=1S/C20H20N2O4S/c1-13-4-8-18(9-5-13)27(24,25)22-19-11-17(26-12-15(3)23)10-16-7-6-14(2)21-20(16)19/h4-11,22H,12H2,1-3H3. The van der Waals surface area contributed by atoms with Crippen LogP contribution < -0.4 is 9.46 Å². The van der Waals surface area contributed by atoms with Crippen molar-refractivity contribution >= 4 is 32.4 Å². The molecule has 0 amide bonds. The molecule has 0 aliphatic heterocycles. The number of hydrogen-bond donors (Lipinski definition) is 1. The molecule has 0 saturated heterocycles. The number of ether oxygens (including phenoxy) is 1. The second-order valence-electron chi connectivity index (χ2n) is 6.40. The number of anilines is 1. The normalized spacial score (nSPS) is 11.4. The van der Waals surface area contributed by atoms with Crippen LogP contribution >= 0.6 is 0 Å². The maximum absolute atomic E-state index is 12.8. The summed E-state index contributed by atoms with van der Waals surface area (Å²) in [6.07, 6.45) is 0. The van der Waals surface area contributed by atoms with E-state index in [1.54, 1.807) is 36.4 Å². The van der Waals surface area contributed by atoms with E-state index in [2.05, 4.69) is 9.71 Å². The van der Waals surface area contributed by atoms with Crippen LogP contribution in [0.4, 0.5) is 5.69 Å². The van der Waals surface area contributed by atoms with E-state index in [-0.39, 0.29) is 17.3 Å². The van der Waals surface area contributed by atoms with Gasteiger partial charge in [0.05, 0.1) is 16.1 Å². The van der Waals surface area contributed by atoms with E-state index in [1.165, 1.54) is 6.92 Å². The van der Waals surface area contributed by atoms with E-state index in [0.717, 1.165) is 11.3 Å². The summed E-state index contributed by atoms with van der Waals surface area (Å²) >= 11 is 0. The lowest BCUT2D eigenvalue weighted by atomic mass is 10.1. The van der Waals surface area contributed by atoms with E-state index >= 15 is 0 Å². The Morgan fingerprint density at radius 3 is 2.44 bits per heavy atom. The van der Waals surface area contributed by atoms with E-state index in [9.17, 15) is 13.2 Å². The molecule has 3 rings (SSSR count). The first-order valence-corrected chi connectivity index (χ1v) is 9.86. The first-order valence-electron chi connectivity index (χ1n) is 8.38. The fourth-order valence-corrected chi connectivity index (χ4v) is 3.63. The second kappa shape index (κ2) is 7.36. The molecule has 0 atom stereocenters. The Morgan fingerprint density at radius 2 is 1.78 bits per heavy atom. The molecule has 2 aromatic carbocycles.